The Morgan fingerprint density at radius 2 is 2.00 bits per heavy atom. The van der Waals surface area contributed by atoms with Crippen LogP contribution in [0.25, 0.3) is 0 Å². The van der Waals surface area contributed by atoms with Crippen LogP contribution in [0.1, 0.15) is 6.42 Å². The van der Waals surface area contributed by atoms with E-state index in [1.807, 2.05) is 11.8 Å². The lowest BCUT2D eigenvalue weighted by molar-refractivity contribution is -0.134. The summed E-state index contributed by atoms with van der Waals surface area (Å²) in [6, 6.07) is 3.07. The first-order valence-electron chi connectivity index (χ1n) is 6.03. The zero-order valence-electron chi connectivity index (χ0n) is 10.6. The number of nitrogens with zero attached hydrogens (tertiary/aromatic N) is 2. The number of hydrogen-bond donors (Lipinski definition) is 1. The Labute approximate surface area is 131 Å². The van der Waals surface area contributed by atoms with Gasteiger partial charge < -0.3 is 10.2 Å². The molecular formula is C12H13Cl2N3O2S. The van der Waals surface area contributed by atoms with Gasteiger partial charge in [0, 0.05) is 24.6 Å². The van der Waals surface area contributed by atoms with Gasteiger partial charge in [-0.1, -0.05) is 23.2 Å². The number of anilines is 1. The fraction of sp³-hybridized carbons (Fsp3) is 0.417. The molecule has 5 nitrogen and oxygen atoms in total. The number of halogens is 2. The molecule has 0 aliphatic carbocycles. The maximum atomic E-state index is 11.9. The van der Waals surface area contributed by atoms with Gasteiger partial charge in [-0.15, -0.1) is 0 Å². The van der Waals surface area contributed by atoms with E-state index in [2.05, 4.69) is 10.3 Å². The maximum Gasteiger partial charge on any atom is 0.233 e. The number of pyridine rings is 1. The van der Waals surface area contributed by atoms with Gasteiger partial charge in [-0.05, 0) is 12.1 Å². The molecule has 2 heterocycles. The third kappa shape index (κ3) is 4.26. The topological polar surface area (TPSA) is 62.3 Å². The Morgan fingerprint density at radius 1 is 1.30 bits per heavy atom. The van der Waals surface area contributed by atoms with E-state index in [-0.39, 0.29) is 22.6 Å². The third-order valence-corrected chi connectivity index (χ3v) is 4.21. The molecule has 1 saturated heterocycles. The van der Waals surface area contributed by atoms with Crippen molar-refractivity contribution in [3.63, 3.8) is 0 Å². The number of rotatable bonds is 3. The zero-order chi connectivity index (χ0) is 14.5. The molecule has 1 aliphatic rings. The van der Waals surface area contributed by atoms with Gasteiger partial charge in [0.2, 0.25) is 11.8 Å². The standard InChI is InChI=1S/C12H13Cl2N3O2S/c13-9-2-1-8(12(14)16-9)15-10(18)7-11(19)17-3-5-20-6-4-17/h1-2H,3-7H2,(H,15,18). The molecule has 0 atom stereocenters. The van der Waals surface area contributed by atoms with E-state index in [0.29, 0.717) is 18.8 Å². The molecule has 20 heavy (non-hydrogen) atoms. The summed E-state index contributed by atoms with van der Waals surface area (Å²) in [7, 11) is 0. The van der Waals surface area contributed by atoms with Crippen LogP contribution < -0.4 is 5.32 Å². The van der Waals surface area contributed by atoms with Crippen LogP contribution in [-0.2, 0) is 9.59 Å². The smallest absolute Gasteiger partial charge is 0.233 e. The SMILES string of the molecule is O=C(CC(=O)N1CCSCC1)Nc1ccc(Cl)nc1Cl. The van der Waals surface area contributed by atoms with Gasteiger partial charge in [-0.25, -0.2) is 4.98 Å². The Bertz CT molecular complexity index is 521. The molecule has 8 heteroatoms. The minimum atomic E-state index is -0.403. The van der Waals surface area contributed by atoms with Crippen LogP contribution in [0.2, 0.25) is 10.3 Å². The van der Waals surface area contributed by atoms with Crippen molar-refractivity contribution in [2.75, 3.05) is 29.9 Å². The van der Waals surface area contributed by atoms with E-state index in [4.69, 9.17) is 23.2 Å². The molecule has 0 spiro atoms. The van der Waals surface area contributed by atoms with E-state index in [0.717, 1.165) is 11.5 Å². The van der Waals surface area contributed by atoms with Crippen LogP contribution in [0.5, 0.6) is 0 Å². The van der Waals surface area contributed by atoms with Gasteiger partial charge in [0.25, 0.3) is 0 Å². The third-order valence-electron chi connectivity index (χ3n) is 2.76. The molecule has 1 fully saturated rings. The second-order valence-corrected chi connectivity index (χ2v) is 6.16. The van der Waals surface area contributed by atoms with Crippen LogP contribution >= 0.6 is 35.0 Å². The summed E-state index contributed by atoms with van der Waals surface area (Å²) in [4.78, 5) is 29.3. The zero-order valence-corrected chi connectivity index (χ0v) is 12.9. The molecule has 2 amide bonds. The molecule has 0 aromatic carbocycles. The van der Waals surface area contributed by atoms with Gasteiger partial charge in [0.05, 0.1) is 5.69 Å². The van der Waals surface area contributed by atoms with Crippen molar-refractivity contribution in [1.29, 1.82) is 0 Å². The normalized spacial score (nSPS) is 15.0. The highest BCUT2D eigenvalue weighted by Gasteiger charge is 2.20. The van der Waals surface area contributed by atoms with Crippen molar-refractivity contribution < 1.29 is 9.59 Å². The van der Waals surface area contributed by atoms with Crippen LogP contribution in [0.15, 0.2) is 12.1 Å². The van der Waals surface area contributed by atoms with Crippen LogP contribution in [-0.4, -0.2) is 46.3 Å². The van der Waals surface area contributed by atoms with Gasteiger partial charge in [0.15, 0.2) is 5.15 Å². The number of hydrogen-bond acceptors (Lipinski definition) is 4. The lowest BCUT2D eigenvalue weighted by Crippen LogP contribution is -2.39. The van der Waals surface area contributed by atoms with Crippen LogP contribution in [0, 0.1) is 0 Å². The van der Waals surface area contributed by atoms with Crippen molar-refractivity contribution in [3.8, 4) is 0 Å². The Kier molecular flexibility index (Phi) is 5.51. The van der Waals surface area contributed by atoms with E-state index in [9.17, 15) is 9.59 Å². The van der Waals surface area contributed by atoms with Gasteiger partial charge in [-0.2, -0.15) is 11.8 Å². The van der Waals surface area contributed by atoms with Crippen molar-refractivity contribution >= 4 is 52.5 Å². The number of carbonyl (C=O) groups is 2. The summed E-state index contributed by atoms with van der Waals surface area (Å²) in [6.45, 7) is 1.39. The lowest BCUT2D eigenvalue weighted by atomic mass is 10.3. The molecular weight excluding hydrogens is 321 g/mol. The lowest BCUT2D eigenvalue weighted by Gasteiger charge is -2.26. The second kappa shape index (κ2) is 7.15. The first-order valence-corrected chi connectivity index (χ1v) is 7.95. The monoisotopic (exact) mass is 333 g/mol. The molecule has 0 radical (unpaired) electrons. The van der Waals surface area contributed by atoms with E-state index in [1.54, 1.807) is 11.0 Å². The largest absolute Gasteiger partial charge is 0.341 e. The number of carbonyl (C=O) groups excluding carboxylic acids is 2. The first-order chi connectivity index (χ1) is 9.56. The number of thioether (sulfide) groups is 1. The van der Waals surface area contributed by atoms with Crippen LogP contribution in [0.4, 0.5) is 5.69 Å². The molecule has 1 N–H and O–H groups in total. The average molecular weight is 334 g/mol. The van der Waals surface area contributed by atoms with Crippen molar-refractivity contribution in [2.45, 2.75) is 6.42 Å². The van der Waals surface area contributed by atoms with Crippen molar-refractivity contribution in [1.82, 2.24) is 9.88 Å². The summed E-state index contributed by atoms with van der Waals surface area (Å²) in [5.74, 6) is 1.26. The Morgan fingerprint density at radius 3 is 2.65 bits per heavy atom. The molecule has 0 saturated carbocycles. The fourth-order valence-electron chi connectivity index (χ4n) is 1.76. The van der Waals surface area contributed by atoms with E-state index >= 15 is 0 Å². The predicted octanol–water partition coefficient (Wildman–Crippen LogP) is 2.29. The molecule has 1 aliphatic heterocycles. The Hall–Kier alpha value is -0.980. The molecule has 1 aromatic rings. The van der Waals surface area contributed by atoms with E-state index in [1.165, 1.54) is 6.07 Å². The van der Waals surface area contributed by atoms with E-state index < -0.39 is 5.91 Å². The summed E-state index contributed by atoms with van der Waals surface area (Å²) >= 11 is 13.3. The second-order valence-electron chi connectivity index (χ2n) is 4.19. The molecule has 1 aromatic heterocycles. The van der Waals surface area contributed by atoms with Gasteiger partial charge in [-0.3, -0.25) is 9.59 Å². The van der Waals surface area contributed by atoms with Crippen molar-refractivity contribution in [2.24, 2.45) is 0 Å². The summed E-state index contributed by atoms with van der Waals surface area (Å²) in [5, 5.41) is 2.91. The predicted molar refractivity (Wildman–Crippen MR) is 81.4 cm³/mol. The maximum absolute atomic E-state index is 11.9. The fourth-order valence-corrected chi connectivity index (χ4v) is 3.06. The van der Waals surface area contributed by atoms with Gasteiger partial charge in [0.1, 0.15) is 11.6 Å². The summed E-state index contributed by atoms with van der Waals surface area (Å²) < 4.78 is 0. The van der Waals surface area contributed by atoms with Crippen LogP contribution in [0.3, 0.4) is 0 Å². The number of nitrogens with one attached hydrogen (secondary N) is 1. The van der Waals surface area contributed by atoms with Crippen molar-refractivity contribution in [3.05, 3.63) is 22.4 Å². The minimum absolute atomic E-state index is 0.104. The minimum Gasteiger partial charge on any atom is -0.341 e. The highest BCUT2D eigenvalue weighted by molar-refractivity contribution is 7.99. The highest BCUT2D eigenvalue weighted by Crippen LogP contribution is 2.21. The number of aromatic nitrogens is 1. The highest BCUT2D eigenvalue weighted by atomic mass is 35.5. The summed E-state index contributed by atoms with van der Waals surface area (Å²) in [6.07, 6.45) is -0.191. The molecule has 0 bridgehead atoms. The summed E-state index contributed by atoms with van der Waals surface area (Å²) in [5.41, 5.74) is 0.350. The average Bonchev–Trinajstić information content (AvgIpc) is 2.43. The Balaban J connectivity index is 1.90. The first kappa shape index (κ1) is 15.4. The van der Waals surface area contributed by atoms with Gasteiger partial charge >= 0.3 is 0 Å². The number of amides is 2. The molecule has 2 rings (SSSR count). The molecule has 108 valence electrons. The molecule has 0 unspecified atom stereocenters. The quantitative estimate of drug-likeness (QED) is 0.681.